The fraction of sp³-hybridized carbons (Fsp3) is 0.0500. The summed E-state index contributed by atoms with van der Waals surface area (Å²) < 4.78 is 31.9. The Balaban J connectivity index is 1.55. The molecule has 3 rings (SSSR count). The first-order valence-corrected chi connectivity index (χ1v) is 11.1. The standard InChI is InChI=1S/C20H17ClN4O4S2/c1-13-12-18(24-29-13)25-31(27,28)17-9-7-16(8-10-17)22-20(30)23-19(26)11-4-14-2-5-15(21)6-3-14/h2-12H,1H3,(H,24,25)(H2,22,23,26,30)/b11-4+. The van der Waals surface area contributed by atoms with E-state index in [1.807, 2.05) is 0 Å². The zero-order valence-corrected chi connectivity index (χ0v) is 18.5. The van der Waals surface area contributed by atoms with E-state index in [9.17, 15) is 13.2 Å². The van der Waals surface area contributed by atoms with Crippen LogP contribution >= 0.6 is 23.8 Å². The smallest absolute Gasteiger partial charge is 0.263 e. The minimum absolute atomic E-state index is 0.0274. The first kappa shape index (κ1) is 22.5. The number of hydrogen-bond donors (Lipinski definition) is 3. The van der Waals surface area contributed by atoms with Crippen molar-refractivity contribution in [2.24, 2.45) is 0 Å². The SMILES string of the molecule is Cc1cc(NS(=O)(=O)c2ccc(NC(=S)NC(=O)/C=C/c3ccc(Cl)cc3)cc2)no1. The lowest BCUT2D eigenvalue weighted by molar-refractivity contribution is -0.115. The molecule has 31 heavy (non-hydrogen) atoms. The van der Waals surface area contributed by atoms with E-state index in [2.05, 4.69) is 20.5 Å². The van der Waals surface area contributed by atoms with Gasteiger partial charge in [-0.3, -0.25) is 14.8 Å². The van der Waals surface area contributed by atoms with E-state index < -0.39 is 15.9 Å². The Hall–Kier alpha value is -3.21. The molecule has 1 amide bonds. The van der Waals surface area contributed by atoms with E-state index in [-0.39, 0.29) is 15.8 Å². The number of benzene rings is 2. The molecule has 0 saturated heterocycles. The number of aromatic nitrogens is 1. The highest BCUT2D eigenvalue weighted by Crippen LogP contribution is 2.18. The summed E-state index contributed by atoms with van der Waals surface area (Å²) in [5.41, 5.74) is 1.31. The zero-order valence-electron chi connectivity index (χ0n) is 16.1. The summed E-state index contributed by atoms with van der Waals surface area (Å²) >= 11 is 10.9. The van der Waals surface area contributed by atoms with Gasteiger partial charge in [-0.05, 0) is 67.2 Å². The molecule has 0 radical (unpaired) electrons. The molecule has 0 saturated carbocycles. The van der Waals surface area contributed by atoms with Crippen LogP contribution in [0, 0.1) is 6.92 Å². The number of hydrogen-bond acceptors (Lipinski definition) is 6. The van der Waals surface area contributed by atoms with Crippen LogP contribution in [-0.4, -0.2) is 24.6 Å². The minimum Gasteiger partial charge on any atom is -0.360 e. The second-order valence-electron chi connectivity index (χ2n) is 6.28. The number of sulfonamides is 1. The summed E-state index contributed by atoms with van der Waals surface area (Å²) in [5.74, 6) is 0.157. The molecule has 11 heteroatoms. The highest BCUT2D eigenvalue weighted by molar-refractivity contribution is 7.92. The van der Waals surface area contributed by atoms with Crippen LogP contribution in [0.4, 0.5) is 11.5 Å². The summed E-state index contributed by atoms with van der Waals surface area (Å²) in [4.78, 5) is 12.0. The maximum Gasteiger partial charge on any atom is 0.263 e. The lowest BCUT2D eigenvalue weighted by Gasteiger charge is -2.09. The zero-order chi connectivity index (χ0) is 22.4. The van der Waals surface area contributed by atoms with Crippen molar-refractivity contribution >= 4 is 62.4 Å². The van der Waals surface area contributed by atoms with Gasteiger partial charge in [0.1, 0.15) is 5.76 Å². The topological polar surface area (TPSA) is 113 Å². The van der Waals surface area contributed by atoms with E-state index in [0.29, 0.717) is 16.5 Å². The Morgan fingerprint density at radius 3 is 2.42 bits per heavy atom. The molecule has 0 unspecified atom stereocenters. The maximum atomic E-state index is 12.4. The average molecular weight is 477 g/mol. The summed E-state index contributed by atoms with van der Waals surface area (Å²) in [6.07, 6.45) is 2.96. The van der Waals surface area contributed by atoms with Gasteiger partial charge in [-0.15, -0.1) is 0 Å². The maximum absolute atomic E-state index is 12.4. The van der Waals surface area contributed by atoms with Crippen LogP contribution < -0.4 is 15.4 Å². The van der Waals surface area contributed by atoms with Gasteiger partial charge in [-0.1, -0.05) is 28.9 Å². The van der Waals surface area contributed by atoms with E-state index >= 15 is 0 Å². The molecule has 0 fully saturated rings. The van der Waals surface area contributed by atoms with E-state index in [4.69, 9.17) is 28.3 Å². The fourth-order valence-electron chi connectivity index (χ4n) is 2.39. The molecule has 0 bridgehead atoms. The van der Waals surface area contributed by atoms with Crippen molar-refractivity contribution in [1.29, 1.82) is 0 Å². The first-order valence-electron chi connectivity index (χ1n) is 8.83. The number of amides is 1. The minimum atomic E-state index is -3.82. The van der Waals surface area contributed by atoms with Gasteiger partial charge in [0, 0.05) is 22.9 Å². The third kappa shape index (κ3) is 6.64. The average Bonchev–Trinajstić information content (AvgIpc) is 3.11. The summed E-state index contributed by atoms with van der Waals surface area (Å²) in [6, 6.07) is 14.3. The Morgan fingerprint density at radius 1 is 1.13 bits per heavy atom. The third-order valence-corrected chi connectivity index (χ3v) is 5.65. The van der Waals surface area contributed by atoms with Crippen LogP contribution in [0.3, 0.4) is 0 Å². The Morgan fingerprint density at radius 2 is 1.81 bits per heavy atom. The van der Waals surface area contributed by atoms with Crippen LogP contribution in [0.1, 0.15) is 11.3 Å². The lowest BCUT2D eigenvalue weighted by Crippen LogP contribution is -2.32. The van der Waals surface area contributed by atoms with Crippen molar-refractivity contribution in [1.82, 2.24) is 10.5 Å². The van der Waals surface area contributed by atoms with Crippen LogP contribution in [0.25, 0.3) is 6.08 Å². The number of carbonyl (C=O) groups is 1. The number of anilines is 2. The third-order valence-electron chi connectivity index (χ3n) is 3.82. The molecule has 0 aliphatic rings. The second-order valence-corrected chi connectivity index (χ2v) is 8.81. The van der Waals surface area contributed by atoms with E-state index in [1.54, 1.807) is 37.3 Å². The van der Waals surface area contributed by atoms with Crippen LogP contribution in [0.5, 0.6) is 0 Å². The summed E-state index contributed by atoms with van der Waals surface area (Å²) in [7, 11) is -3.82. The molecule has 3 N–H and O–H groups in total. The van der Waals surface area contributed by atoms with Crippen molar-refractivity contribution in [3.05, 3.63) is 77.0 Å². The highest BCUT2D eigenvalue weighted by Gasteiger charge is 2.16. The number of nitrogens with zero attached hydrogens (tertiary/aromatic N) is 1. The van der Waals surface area contributed by atoms with Crippen molar-refractivity contribution in [3.8, 4) is 0 Å². The molecule has 1 aromatic heterocycles. The van der Waals surface area contributed by atoms with Crippen molar-refractivity contribution in [3.63, 3.8) is 0 Å². The van der Waals surface area contributed by atoms with Crippen molar-refractivity contribution in [2.75, 3.05) is 10.0 Å². The lowest BCUT2D eigenvalue weighted by atomic mass is 10.2. The monoisotopic (exact) mass is 476 g/mol. The van der Waals surface area contributed by atoms with Crippen LogP contribution in [-0.2, 0) is 14.8 Å². The normalized spacial score (nSPS) is 11.3. The van der Waals surface area contributed by atoms with Crippen molar-refractivity contribution < 1.29 is 17.7 Å². The largest absolute Gasteiger partial charge is 0.360 e. The molecule has 0 atom stereocenters. The fourth-order valence-corrected chi connectivity index (χ4v) is 3.72. The molecule has 2 aromatic carbocycles. The molecule has 0 aliphatic carbocycles. The van der Waals surface area contributed by atoms with Gasteiger partial charge in [0.25, 0.3) is 10.0 Å². The summed E-state index contributed by atoms with van der Waals surface area (Å²) in [6.45, 7) is 1.65. The Bertz CT molecular complexity index is 1220. The van der Waals surface area contributed by atoms with E-state index in [0.717, 1.165) is 5.56 Å². The highest BCUT2D eigenvalue weighted by atomic mass is 35.5. The molecular formula is C20H17ClN4O4S2. The molecular weight excluding hydrogens is 460 g/mol. The quantitative estimate of drug-likeness (QED) is 0.364. The van der Waals surface area contributed by atoms with Gasteiger partial charge < -0.3 is 9.84 Å². The molecule has 3 aromatic rings. The van der Waals surface area contributed by atoms with Gasteiger partial charge in [-0.2, -0.15) is 0 Å². The van der Waals surface area contributed by atoms with Crippen LogP contribution in [0.15, 0.2) is 70.1 Å². The number of carbonyl (C=O) groups excluding carboxylic acids is 1. The number of aryl methyl sites for hydroxylation is 1. The predicted octanol–water partition coefficient (Wildman–Crippen LogP) is 3.96. The van der Waals surface area contributed by atoms with Gasteiger partial charge in [0.15, 0.2) is 10.9 Å². The molecule has 0 spiro atoms. The molecule has 160 valence electrons. The van der Waals surface area contributed by atoms with Gasteiger partial charge in [0.2, 0.25) is 5.91 Å². The number of halogens is 1. The Kier molecular flexibility index (Phi) is 7.06. The summed E-state index contributed by atoms with van der Waals surface area (Å²) in [5, 5.41) is 9.60. The second kappa shape index (κ2) is 9.73. The Labute approximate surface area is 189 Å². The van der Waals surface area contributed by atoms with E-state index in [1.165, 1.54) is 36.4 Å². The number of thiocarbonyl (C=S) groups is 1. The molecule has 8 nitrogen and oxygen atoms in total. The van der Waals surface area contributed by atoms with Gasteiger partial charge in [-0.25, -0.2) is 8.42 Å². The first-order chi connectivity index (χ1) is 14.7. The van der Waals surface area contributed by atoms with Gasteiger partial charge in [0.05, 0.1) is 4.90 Å². The predicted molar refractivity (Wildman–Crippen MR) is 123 cm³/mol. The van der Waals surface area contributed by atoms with Crippen molar-refractivity contribution in [2.45, 2.75) is 11.8 Å². The molecule has 0 aliphatic heterocycles. The van der Waals surface area contributed by atoms with Gasteiger partial charge >= 0.3 is 0 Å². The van der Waals surface area contributed by atoms with Crippen LogP contribution in [0.2, 0.25) is 5.02 Å². The number of nitrogens with one attached hydrogen (secondary N) is 3. The number of rotatable bonds is 6. The molecule has 1 heterocycles.